The molecule has 5 nitrogen and oxygen atoms in total. The number of halogens is 2. The summed E-state index contributed by atoms with van der Waals surface area (Å²) in [5.74, 6) is 2.26. The minimum Gasteiger partial charge on any atom is -0.435 e. The molecule has 2 aromatic rings. The maximum atomic E-state index is 12.3. The lowest BCUT2D eigenvalue weighted by molar-refractivity contribution is -0.0499. The zero-order valence-corrected chi connectivity index (χ0v) is 13.0. The highest BCUT2D eigenvalue weighted by atomic mass is 19.3. The molecule has 1 aliphatic rings. The average molecular weight is 322 g/mol. The first kappa shape index (κ1) is 15.9. The summed E-state index contributed by atoms with van der Waals surface area (Å²) >= 11 is 0. The first-order valence-electron chi connectivity index (χ1n) is 7.82. The van der Waals surface area contributed by atoms with Crippen LogP contribution in [0, 0.1) is 0 Å². The summed E-state index contributed by atoms with van der Waals surface area (Å²) in [6, 6.07) is 6.82. The molecule has 7 heteroatoms. The smallest absolute Gasteiger partial charge is 0.387 e. The molecule has 124 valence electrons. The van der Waals surface area contributed by atoms with E-state index in [0.717, 1.165) is 49.6 Å². The van der Waals surface area contributed by atoms with Gasteiger partial charge >= 0.3 is 6.61 Å². The van der Waals surface area contributed by atoms with E-state index in [1.165, 1.54) is 6.07 Å². The van der Waals surface area contributed by atoms with E-state index < -0.39 is 6.61 Å². The van der Waals surface area contributed by atoms with E-state index in [0.29, 0.717) is 0 Å². The third kappa shape index (κ3) is 3.85. The third-order valence-corrected chi connectivity index (χ3v) is 4.07. The molecule has 0 unspecified atom stereocenters. The van der Waals surface area contributed by atoms with Crippen LogP contribution in [0.3, 0.4) is 0 Å². The van der Waals surface area contributed by atoms with Crippen LogP contribution in [-0.2, 0) is 19.4 Å². The molecule has 1 N–H and O–H groups in total. The highest BCUT2D eigenvalue weighted by Gasteiger charge is 2.17. The molecule has 3 rings (SSSR count). The number of fused-ring (bicyclic) bond motifs is 1. The quantitative estimate of drug-likeness (QED) is 0.851. The molecule has 0 saturated carbocycles. The Bertz CT molecular complexity index is 659. The van der Waals surface area contributed by atoms with Crippen molar-refractivity contribution in [2.45, 2.75) is 45.4 Å². The van der Waals surface area contributed by atoms with Gasteiger partial charge in [-0.05, 0) is 31.0 Å². The van der Waals surface area contributed by atoms with E-state index in [1.807, 2.05) is 13.0 Å². The Kier molecular flexibility index (Phi) is 4.85. The van der Waals surface area contributed by atoms with Crippen LogP contribution in [0.25, 0.3) is 0 Å². The van der Waals surface area contributed by atoms with Gasteiger partial charge in [0.25, 0.3) is 0 Å². The van der Waals surface area contributed by atoms with Gasteiger partial charge in [0.2, 0.25) is 0 Å². The fraction of sp³-hybridized carbons (Fsp3) is 0.500. The minimum atomic E-state index is -2.80. The Balaban J connectivity index is 1.53. The topological polar surface area (TPSA) is 52.0 Å². The largest absolute Gasteiger partial charge is 0.435 e. The van der Waals surface area contributed by atoms with Gasteiger partial charge in [-0.3, -0.25) is 0 Å². The van der Waals surface area contributed by atoms with Crippen LogP contribution < -0.4 is 10.1 Å². The molecule has 1 aromatic carbocycles. The summed E-state index contributed by atoms with van der Waals surface area (Å²) in [4.78, 5) is 0. The van der Waals surface area contributed by atoms with E-state index >= 15 is 0 Å². The zero-order valence-electron chi connectivity index (χ0n) is 13.0. The number of rotatable bonds is 7. The number of aromatic nitrogens is 3. The molecule has 0 bridgehead atoms. The number of hydrogen-bond acceptors (Lipinski definition) is 4. The predicted molar refractivity (Wildman–Crippen MR) is 81.5 cm³/mol. The third-order valence-electron chi connectivity index (χ3n) is 4.07. The van der Waals surface area contributed by atoms with Crippen molar-refractivity contribution < 1.29 is 13.5 Å². The Labute approximate surface area is 133 Å². The molecule has 1 aromatic heterocycles. The summed E-state index contributed by atoms with van der Waals surface area (Å²) in [5.41, 5.74) is 0.912. The van der Waals surface area contributed by atoms with Gasteiger partial charge < -0.3 is 14.6 Å². The molecule has 0 amide bonds. The molecule has 0 saturated heterocycles. The number of benzene rings is 1. The number of ether oxygens (including phenoxy) is 1. The van der Waals surface area contributed by atoms with Crippen molar-refractivity contribution in [3.8, 4) is 5.75 Å². The van der Waals surface area contributed by atoms with E-state index in [-0.39, 0.29) is 11.8 Å². The van der Waals surface area contributed by atoms with Crippen LogP contribution in [-0.4, -0.2) is 27.9 Å². The van der Waals surface area contributed by atoms with Gasteiger partial charge in [-0.1, -0.05) is 12.1 Å². The van der Waals surface area contributed by atoms with E-state index in [1.54, 1.807) is 12.1 Å². The van der Waals surface area contributed by atoms with E-state index in [2.05, 4.69) is 24.8 Å². The fourth-order valence-corrected chi connectivity index (χ4v) is 2.87. The van der Waals surface area contributed by atoms with Crippen molar-refractivity contribution in [3.05, 3.63) is 41.5 Å². The van der Waals surface area contributed by atoms with Crippen LogP contribution in [0.5, 0.6) is 5.75 Å². The highest BCUT2D eigenvalue weighted by molar-refractivity contribution is 5.30. The zero-order chi connectivity index (χ0) is 16.2. The molecular weight excluding hydrogens is 302 g/mol. The molecular formula is C16H20F2N4O. The first-order valence-corrected chi connectivity index (χ1v) is 7.82. The summed E-state index contributed by atoms with van der Waals surface area (Å²) in [6.45, 7) is 0.943. The molecule has 0 fully saturated rings. The first-order chi connectivity index (χ1) is 11.1. The predicted octanol–water partition coefficient (Wildman–Crippen LogP) is 2.72. The van der Waals surface area contributed by atoms with Crippen molar-refractivity contribution in [1.29, 1.82) is 0 Å². The van der Waals surface area contributed by atoms with E-state index in [9.17, 15) is 8.78 Å². The average Bonchev–Trinajstić information content (AvgIpc) is 3.11. The van der Waals surface area contributed by atoms with E-state index in [4.69, 9.17) is 0 Å². The fourth-order valence-electron chi connectivity index (χ4n) is 2.87. The van der Waals surface area contributed by atoms with Crippen molar-refractivity contribution in [2.75, 3.05) is 6.54 Å². The number of alkyl halides is 2. The van der Waals surface area contributed by atoms with Gasteiger partial charge in [-0.15, -0.1) is 10.2 Å². The highest BCUT2D eigenvalue weighted by Crippen LogP contribution is 2.21. The molecule has 23 heavy (non-hydrogen) atoms. The van der Waals surface area contributed by atoms with Gasteiger partial charge in [-0.25, -0.2) is 0 Å². The van der Waals surface area contributed by atoms with Gasteiger partial charge in [0.05, 0.1) is 0 Å². The summed E-state index contributed by atoms with van der Waals surface area (Å²) in [6.07, 6.45) is 2.94. The van der Waals surface area contributed by atoms with Crippen LogP contribution in [0.1, 0.15) is 36.6 Å². The van der Waals surface area contributed by atoms with Gasteiger partial charge in [0.15, 0.2) is 0 Å². The maximum absolute atomic E-state index is 12.3. The number of hydrogen-bond donors (Lipinski definition) is 1. The maximum Gasteiger partial charge on any atom is 0.387 e. The second-order valence-electron chi connectivity index (χ2n) is 5.66. The van der Waals surface area contributed by atoms with Crippen LogP contribution in [0.2, 0.25) is 0 Å². The number of aryl methyl sites for hydroxylation is 1. The minimum absolute atomic E-state index is 0.0391. The lowest BCUT2D eigenvalue weighted by Crippen LogP contribution is -2.22. The van der Waals surface area contributed by atoms with Crippen LogP contribution in [0.15, 0.2) is 24.3 Å². The second kappa shape index (κ2) is 7.04. The van der Waals surface area contributed by atoms with Crippen molar-refractivity contribution in [2.24, 2.45) is 0 Å². The monoisotopic (exact) mass is 322 g/mol. The Hall–Kier alpha value is -2.02. The molecule has 1 aliphatic heterocycles. The van der Waals surface area contributed by atoms with Crippen molar-refractivity contribution in [1.82, 2.24) is 20.1 Å². The molecule has 2 heterocycles. The SMILES string of the molecule is C[C@@H](NCCc1nnc2n1CCC2)c1cccc(OC(F)F)c1. The van der Waals surface area contributed by atoms with Crippen LogP contribution >= 0.6 is 0 Å². The lowest BCUT2D eigenvalue weighted by Gasteiger charge is -2.15. The normalized spacial score (nSPS) is 15.0. The van der Waals surface area contributed by atoms with Crippen LogP contribution in [0.4, 0.5) is 8.78 Å². The summed E-state index contributed by atoms with van der Waals surface area (Å²) < 4.78 is 31.2. The Morgan fingerprint density at radius 2 is 2.22 bits per heavy atom. The molecule has 1 atom stereocenters. The molecule has 0 aliphatic carbocycles. The molecule has 0 radical (unpaired) electrons. The second-order valence-corrected chi connectivity index (χ2v) is 5.66. The summed E-state index contributed by atoms with van der Waals surface area (Å²) in [7, 11) is 0. The van der Waals surface area contributed by atoms with Crippen molar-refractivity contribution >= 4 is 0 Å². The number of nitrogens with zero attached hydrogens (tertiary/aromatic N) is 3. The molecule has 0 spiro atoms. The summed E-state index contributed by atoms with van der Waals surface area (Å²) in [5, 5.41) is 11.8. The number of nitrogens with one attached hydrogen (secondary N) is 1. The Morgan fingerprint density at radius 1 is 1.35 bits per heavy atom. The lowest BCUT2D eigenvalue weighted by atomic mass is 10.1. The van der Waals surface area contributed by atoms with Gasteiger partial charge in [-0.2, -0.15) is 8.78 Å². The van der Waals surface area contributed by atoms with Gasteiger partial charge in [0, 0.05) is 32.0 Å². The van der Waals surface area contributed by atoms with Gasteiger partial charge in [0.1, 0.15) is 17.4 Å². The standard InChI is InChI=1S/C16H20F2N4O/c1-11(12-4-2-5-13(10-12)23-16(17)18)19-8-7-15-21-20-14-6-3-9-22(14)15/h2,4-5,10-11,16,19H,3,6-9H2,1H3/t11-/m1/s1. The van der Waals surface area contributed by atoms with Crippen molar-refractivity contribution in [3.63, 3.8) is 0 Å². The Morgan fingerprint density at radius 3 is 3.04 bits per heavy atom.